The highest BCUT2D eigenvalue weighted by Crippen LogP contribution is 2.19. The summed E-state index contributed by atoms with van der Waals surface area (Å²) in [6.45, 7) is -0.0243. The highest BCUT2D eigenvalue weighted by atomic mass is 32.2. The van der Waals surface area contributed by atoms with Gasteiger partial charge in [-0.3, -0.25) is 23.5 Å². The fourth-order valence-electron chi connectivity index (χ4n) is 4.69. The minimum absolute atomic E-state index is 0.0207. The molecule has 2 aromatic carbocycles. The number of hydrogen-bond acceptors (Lipinski definition) is 5. The molecule has 1 heterocycles. The summed E-state index contributed by atoms with van der Waals surface area (Å²) >= 11 is 1.57. The van der Waals surface area contributed by atoms with Crippen LogP contribution in [0.15, 0.2) is 63.0 Å². The third-order valence-electron chi connectivity index (χ3n) is 6.54. The number of anilines is 1. The molecule has 2 N–H and O–H groups in total. The van der Waals surface area contributed by atoms with Gasteiger partial charge in [0.15, 0.2) is 0 Å². The Labute approximate surface area is 214 Å². The van der Waals surface area contributed by atoms with Gasteiger partial charge in [0.2, 0.25) is 11.8 Å². The number of amides is 2. The molecule has 0 unspecified atom stereocenters. The van der Waals surface area contributed by atoms with E-state index in [0.29, 0.717) is 35.9 Å². The van der Waals surface area contributed by atoms with Gasteiger partial charge >= 0.3 is 5.69 Å². The lowest BCUT2D eigenvalue weighted by molar-refractivity contribution is -0.122. The number of thioether (sulfide) groups is 1. The van der Waals surface area contributed by atoms with Crippen LogP contribution in [0, 0.1) is 0 Å². The molecule has 1 fully saturated rings. The molecule has 0 atom stereocenters. The Morgan fingerprint density at radius 2 is 1.75 bits per heavy atom. The van der Waals surface area contributed by atoms with Crippen molar-refractivity contribution in [1.82, 2.24) is 14.5 Å². The van der Waals surface area contributed by atoms with Gasteiger partial charge in [-0.05, 0) is 62.3 Å². The van der Waals surface area contributed by atoms with Crippen LogP contribution < -0.4 is 21.9 Å². The zero-order valence-corrected chi connectivity index (χ0v) is 21.3. The SMILES string of the molecule is CSc1cccc(NC(=O)Cn2c(=O)n(CCCCC(=O)NC3CCCC3)c(=O)c3ccccc32)c1. The molecule has 2 amide bonds. The van der Waals surface area contributed by atoms with Gasteiger partial charge in [-0.15, -0.1) is 11.8 Å². The molecule has 0 saturated heterocycles. The van der Waals surface area contributed by atoms with E-state index in [0.717, 1.165) is 30.6 Å². The standard InChI is InChI=1S/C27H32N4O4S/c1-36-21-12-8-11-20(17-21)29-25(33)18-31-23-14-5-4-13-22(23)26(34)30(27(31)35)16-7-6-15-24(32)28-19-9-2-3-10-19/h4-5,8,11-14,17,19H,2-3,6-7,9-10,15-16,18H2,1H3,(H,28,32)(H,29,33). The fraction of sp³-hybridized carbons (Fsp3) is 0.407. The van der Waals surface area contributed by atoms with Crippen molar-refractivity contribution in [3.63, 3.8) is 0 Å². The van der Waals surface area contributed by atoms with Gasteiger partial charge in [-0.1, -0.05) is 31.0 Å². The van der Waals surface area contributed by atoms with Crippen LogP contribution in [-0.4, -0.2) is 33.2 Å². The third-order valence-corrected chi connectivity index (χ3v) is 7.27. The van der Waals surface area contributed by atoms with Gasteiger partial charge in [0, 0.05) is 29.6 Å². The number of carbonyl (C=O) groups excluding carboxylic acids is 2. The van der Waals surface area contributed by atoms with Crippen molar-refractivity contribution in [1.29, 1.82) is 0 Å². The normalized spacial score (nSPS) is 13.7. The van der Waals surface area contributed by atoms with Crippen molar-refractivity contribution < 1.29 is 9.59 Å². The molecule has 4 rings (SSSR count). The second-order valence-electron chi connectivity index (χ2n) is 9.13. The molecule has 0 radical (unpaired) electrons. The number of nitrogens with one attached hydrogen (secondary N) is 2. The highest BCUT2D eigenvalue weighted by molar-refractivity contribution is 7.98. The van der Waals surface area contributed by atoms with Crippen LogP contribution >= 0.6 is 11.8 Å². The first-order chi connectivity index (χ1) is 17.5. The van der Waals surface area contributed by atoms with Crippen LogP contribution in [0.2, 0.25) is 0 Å². The van der Waals surface area contributed by atoms with E-state index < -0.39 is 5.69 Å². The van der Waals surface area contributed by atoms with Gasteiger partial charge in [0.1, 0.15) is 6.54 Å². The lowest BCUT2D eigenvalue weighted by Gasteiger charge is -2.15. The fourth-order valence-corrected chi connectivity index (χ4v) is 5.15. The van der Waals surface area contributed by atoms with Crippen LogP contribution in [0.4, 0.5) is 5.69 Å². The van der Waals surface area contributed by atoms with Crippen molar-refractivity contribution in [3.05, 3.63) is 69.4 Å². The van der Waals surface area contributed by atoms with Gasteiger partial charge in [-0.25, -0.2) is 4.79 Å². The van der Waals surface area contributed by atoms with E-state index in [1.54, 1.807) is 42.1 Å². The maximum atomic E-state index is 13.3. The maximum absolute atomic E-state index is 13.3. The van der Waals surface area contributed by atoms with E-state index in [1.807, 2.05) is 24.5 Å². The summed E-state index contributed by atoms with van der Waals surface area (Å²) in [7, 11) is 0. The van der Waals surface area contributed by atoms with Crippen LogP contribution in [0.5, 0.6) is 0 Å². The van der Waals surface area contributed by atoms with E-state index in [4.69, 9.17) is 0 Å². The second kappa shape index (κ2) is 12.1. The van der Waals surface area contributed by atoms with E-state index >= 15 is 0 Å². The summed E-state index contributed by atoms with van der Waals surface area (Å²) < 4.78 is 2.52. The molecule has 1 aliphatic rings. The molecule has 1 aliphatic carbocycles. The van der Waals surface area contributed by atoms with Crippen molar-refractivity contribution >= 4 is 40.2 Å². The topological polar surface area (TPSA) is 102 Å². The first-order valence-electron chi connectivity index (χ1n) is 12.4. The molecule has 9 heteroatoms. The minimum Gasteiger partial charge on any atom is -0.353 e. The average molecular weight is 509 g/mol. The number of rotatable bonds is 10. The Morgan fingerprint density at radius 3 is 2.53 bits per heavy atom. The Hall–Kier alpha value is -3.33. The summed E-state index contributed by atoms with van der Waals surface area (Å²) in [6, 6.07) is 14.6. The van der Waals surface area contributed by atoms with Crippen molar-refractivity contribution in [3.8, 4) is 0 Å². The molecule has 36 heavy (non-hydrogen) atoms. The quantitative estimate of drug-likeness (QED) is 0.321. The number of para-hydroxylation sites is 1. The number of fused-ring (bicyclic) bond motifs is 1. The summed E-state index contributed by atoms with van der Waals surface area (Å²) in [5.74, 6) is -0.332. The van der Waals surface area contributed by atoms with Gasteiger partial charge in [0.05, 0.1) is 10.9 Å². The number of hydrogen-bond donors (Lipinski definition) is 2. The predicted octanol–water partition coefficient (Wildman–Crippen LogP) is 3.75. The van der Waals surface area contributed by atoms with E-state index in [2.05, 4.69) is 10.6 Å². The third kappa shape index (κ3) is 6.26. The van der Waals surface area contributed by atoms with Crippen molar-refractivity contribution in [2.75, 3.05) is 11.6 Å². The summed E-state index contributed by atoms with van der Waals surface area (Å²) in [5.41, 5.74) is 0.165. The average Bonchev–Trinajstić information content (AvgIpc) is 3.39. The number of unbranched alkanes of at least 4 members (excludes halogenated alkanes) is 1. The molecular weight excluding hydrogens is 476 g/mol. The summed E-state index contributed by atoms with van der Waals surface area (Å²) in [4.78, 5) is 52.4. The molecule has 0 aliphatic heterocycles. The Balaban J connectivity index is 1.47. The van der Waals surface area contributed by atoms with Gasteiger partial charge in [-0.2, -0.15) is 0 Å². The first kappa shape index (κ1) is 25.8. The zero-order chi connectivity index (χ0) is 25.5. The number of aromatic nitrogens is 2. The van der Waals surface area contributed by atoms with E-state index in [-0.39, 0.29) is 36.5 Å². The summed E-state index contributed by atoms with van der Waals surface area (Å²) in [5, 5.41) is 6.29. The maximum Gasteiger partial charge on any atom is 0.331 e. The molecule has 0 bridgehead atoms. The van der Waals surface area contributed by atoms with Crippen LogP contribution in [0.25, 0.3) is 10.9 Å². The van der Waals surface area contributed by atoms with Crippen LogP contribution in [0.1, 0.15) is 44.9 Å². The molecule has 0 spiro atoms. The van der Waals surface area contributed by atoms with E-state index in [9.17, 15) is 19.2 Å². The second-order valence-corrected chi connectivity index (χ2v) is 10.0. The van der Waals surface area contributed by atoms with Gasteiger partial charge < -0.3 is 10.6 Å². The number of nitrogens with zero attached hydrogens (tertiary/aromatic N) is 2. The minimum atomic E-state index is -0.526. The predicted molar refractivity (Wildman–Crippen MR) is 144 cm³/mol. The van der Waals surface area contributed by atoms with Crippen molar-refractivity contribution in [2.45, 2.75) is 69.0 Å². The van der Waals surface area contributed by atoms with E-state index in [1.165, 1.54) is 9.13 Å². The molecule has 1 saturated carbocycles. The lowest BCUT2D eigenvalue weighted by atomic mass is 10.2. The summed E-state index contributed by atoms with van der Waals surface area (Å²) in [6.07, 6.45) is 7.79. The molecule has 190 valence electrons. The monoisotopic (exact) mass is 508 g/mol. The lowest BCUT2D eigenvalue weighted by Crippen LogP contribution is -2.41. The number of benzene rings is 2. The van der Waals surface area contributed by atoms with Crippen LogP contribution in [-0.2, 0) is 22.7 Å². The van der Waals surface area contributed by atoms with Crippen molar-refractivity contribution in [2.24, 2.45) is 0 Å². The molecule has 8 nitrogen and oxygen atoms in total. The largest absolute Gasteiger partial charge is 0.353 e. The molecular formula is C27H32N4O4S. The Bertz CT molecular complexity index is 1360. The highest BCUT2D eigenvalue weighted by Gasteiger charge is 2.18. The van der Waals surface area contributed by atoms with Crippen LogP contribution in [0.3, 0.4) is 0 Å². The Morgan fingerprint density at radius 1 is 0.972 bits per heavy atom. The molecule has 1 aromatic heterocycles. The molecule has 3 aromatic rings. The Kier molecular flexibility index (Phi) is 8.64. The smallest absolute Gasteiger partial charge is 0.331 e. The number of carbonyl (C=O) groups is 2. The zero-order valence-electron chi connectivity index (χ0n) is 20.5. The van der Waals surface area contributed by atoms with Gasteiger partial charge in [0.25, 0.3) is 5.56 Å². The first-order valence-corrected chi connectivity index (χ1v) is 13.6.